The number of hydrogen-bond donors (Lipinski definition) is 0. The largest absolute Gasteiger partial charge is 0.0701 e. The normalized spacial score (nSPS) is 21.8. The zero-order valence-electron chi connectivity index (χ0n) is 11.2. The Balaban J connectivity index is 2.24. The number of hydrogen-bond acceptors (Lipinski definition) is 0. The second-order valence-corrected chi connectivity index (χ2v) is 5.35. The third-order valence-corrected chi connectivity index (χ3v) is 3.75. The van der Waals surface area contributed by atoms with E-state index < -0.39 is 0 Å². The molecule has 1 aromatic rings. The maximum Gasteiger partial charge on any atom is -0.0227 e. The number of benzene rings is 1. The summed E-state index contributed by atoms with van der Waals surface area (Å²) in [6.07, 6.45) is 6.26. The van der Waals surface area contributed by atoms with E-state index in [0.717, 1.165) is 5.92 Å². The fourth-order valence-electron chi connectivity index (χ4n) is 2.50. The molecule has 0 fully saturated rings. The summed E-state index contributed by atoms with van der Waals surface area (Å²) in [6, 6.07) is 10.7. The van der Waals surface area contributed by atoms with Crippen molar-refractivity contribution in [2.24, 2.45) is 5.92 Å². The first kappa shape index (κ1) is 12.2. The highest BCUT2D eigenvalue weighted by Gasteiger charge is 2.13. The van der Waals surface area contributed by atoms with Crippen LogP contribution in [0.3, 0.4) is 0 Å². The van der Waals surface area contributed by atoms with E-state index in [-0.39, 0.29) is 0 Å². The van der Waals surface area contributed by atoms with Crippen LogP contribution in [0.4, 0.5) is 0 Å². The predicted molar refractivity (Wildman–Crippen MR) is 75.8 cm³/mol. The molecule has 0 heterocycles. The predicted octanol–water partition coefficient (Wildman–Crippen LogP) is 5.23. The van der Waals surface area contributed by atoms with E-state index in [1.54, 1.807) is 11.1 Å². The van der Waals surface area contributed by atoms with E-state index >= 15 is 0 Å². The van der Waals surface area contributed by atoms with Crippen LogP contribution in [0.25, 0.3) is 5.57 Å². The maximum atomic E-state index is 2.39. The molecule has 0 spiro atoms. The molecule has 0 saturated carbocycles. The number of rotatable bonds is 2. The Morgan fingerprint density at radius 1 is 1.24 bits per heavy atom. The quantitative estimate of drug-likeness (QED) is 0.648. The Morgan fingerprint density at radius 2 is 1.94 bits per heavy atom. The monoisotopic (exact) mass is 226 g/mol. The molecular formula is C17H22. The van der Waals surface area contributed by atoms with Gasteiger partial charge in [0.05, 0.1) is 0 Å². The summed E-state index contributed by atoms with van der Waals surface area (Å²) in [5, 5.41) is 0. The van der Waals surface area contributed by atoms with E-state index in [9.17, 15) is 0 Å². The van der Waals surface area contributed by atoms with Gasteiger partial charge in [0, 0.05) is 0 Å². The molecule has 0 heteroatoms. The summed E-state index contributed by atoms with van der Waals surface area (Å²) >= 11 is 0. The molecule has 0 bridgehead atoms. The summed E-state index contributed by atoms with van der Waals surface area (Å²) in [6.45, 7) is 6.86. The van der Waals surface area contributed by atoms with Crippen LogP contribution in [-0.4, -0.2) is 0 Å². The minimum atomic E-state index is 0.841. The third kappa shape index (κ3) is 3.09. The molecule has 0 radical (unpaired) electrons. The summed E-state index contributed by atoms with van der Waals surface area (Å²) in [7, 11) is 0. The highest BCUT2D eigenvalue weighted by molar-refractivity contribution is 5.66. The third-order valence-electron chi connectivity index (χ3n) is 3.75. The Labute approximate surface area is 105 Å². The van der Waals surface area contributed by atoms with Crippen molar-refractivity contribution in [1.82, 2.24) is 0 Å². The van der Waals surface area contributed by atoms with Crippen LogP contribution < -0.4 is 0 Å². The molecule has 0 N–H and O–H groups in total. The SMILES string of the molecule is CC1=C(/C=C(\C)c2ccccc2)CC(C)CC1. The van der Waals surface area contributed by atoms with Crippen molar-refractivity contribution in [3.8, 4) is 0 Å². The highest BCUT2D eigenvalue weighted by atomic mass is 14.2. The van der Waals surface area contributed by atoms with Crippen LogP contribution in [0.2, 0.25) is 0 Å². The van der Waals surface area contributed by atoms with Crippen LogP contribution in [-0.2, 0) is 0 Å². The Bertz CT molecular complexity index is 434. The van der Waals surface area contributed by atoms with E-state index in [0.29, 0.717) is 0 Å². The Hall–Kier alpha value is -1.30. The van der Waals surface area contributed by atoms with Crippen molar-refractivity contribution < 1.29 is 0 Å². The average molecular weight is 226 g/mol. The molecule has 17 heavy (non-hydrogen) atoms. The molecule has 1 aromatic carbocycles. The van der Waals surface area contributed by atoms with Crippen molar-refractivity contribution in [3.63, 3.8) is 0 Å². The van der Waals surface area contributed by atoms with E-state index in [2.05, 4.69) is 57.2 Å². The molecule has 1 aliphatic rings. The molecule has 2 rings (SSSR count). The molecular weight excluding hydrogens is 204 g/mol. The van der Waals surface area contributed by atoms with E-state index in [1.807, 2.05) is 0 Å². The second-order valence-electron chi connectivity index (χ2n) is 5.35. The van der Waals surface area contributed by atoms with Crippen molar-refractivity contribution in [3.05, 3.63) is 53.1 Å². The first-order valence-electron chi connectivity index (χ1n) is 6.59. The van der Waals surface area contributed by atoms with Crippen molar-refractivity contribution in [1.29, 1.82) is 0 Å². The lowest BCUT2D eigenvalue weighted by molar-refractivity contribution is 0.502. The van der Waals surface area contributed by atoms with E-state index in [4.69, 9.17) is 0 Å². The van der Waals surface area contributed by atoms with Crippen LogP contribution in [0.1, 0.15) is 45.6 Å². The molecule has 0 aliphatic heterocycles. The zero-order valence-corrected chi connectivity index (χ0v) is 11.2. The topological polar surface area (TPSA) is 0 Å². The average Bonchev–Trinajstić information content (AvgIpc) is 2.35. The first-order chi connectivity index (χ1) is 8.16. The second kappa shape index (κ2) is 5.35. The van der Waals surface area contributed by atoms with Crippen LogP contribution in [0.15, 0.2) is 47.6 Å². The first-order valence-corrected chi connectivity index (χ1v) is 6.59. The minimum Gasteiger partial charge on any atom is -0.0701 e. The maximum absolute atomic E-state index is 2.39. The molecule has 1 aliphatic carbocycles. The molecule has 90 valence electrons. The molecule has 0 aromatic heterocycles. The van der Waals surface area contributed by atoms with Crippen molar-refractivity contribution in [2.75, 3.05) is 0 Å². The van der Waals surface area contributed by atoms with Gasteiger partial charge in [0.15, 0.2) is 0 Å². The van der Waals surface area contributed by atoms with Gasteiger partial charge >= 0.3 is 0 Å². The minimum absolute atomic E-state index is 0.841. The standard InChI is InChI=1S/C17H22/c1-13-9-10-14(2)17(11-13)12-15(3)16-7-5-4-6-8-16/h4-8,12-13H,9-11H2,1-3H3/b15-12+. The molecule has 0 nitrogen and oxygen atoms in total. The van der Waals surface area contributed by atoms with E-state index in [1.165, 1.54) is 30.4 Å². The van der Waals surface area contributed by atoms with Gasteiger partial charge in [-0.1, -0.05) is 48.9 Å². The smallest absolute Gasteiger partial charge is 0.0227 e. The van der Waals surface area contributed by atoms with Crippen molar-refractivity contribution in [2.45, 2.75) is 40.0 Å². The summed E-state index contributed by atoms with van der Waals surface area (Å²) in [5.74, 6) is 0.841. The lowest BCUT2D eigenvalue weighted by Gasteiger charge is -2.21. The molecule has 1 unspecified atom stereocenters. The van der Waals surface area contributed by atoms with Gasteiger partial charge in [0.1, 0.15) is 0 Å². The summed E-state index contributed by atoms with van der Waals surface area (Å²) < 4.78 is 0. The summed E-state index contributed by atoms with van der Waals surface area (Å²) in [4.78, 5) is 0. The van der Waals surface area contributed by atoms with Gasteiger partial charge < -0.3 is 0 Å². The summed E-state index contributed by atoms with van der Waals surface area (Å²) in [5.41, 5.74) is 5.86. The van der Waals surface area contributed by atoms with Crippen LogP contribution in [0, 0.1) is 5.92 Å². The van der Waals surface area contributed by atoms with Gasteiger partial charge in [0.25, 0.3) is 0 Å². The van der Waals surface area contributed by atoms with Gasteiger partial charge in [0.2, 0.25) is 0 Å². The van der Waals surface area contributed by atoms with Gasteiger partial charge in [-0.05, 0) is 55.7 Å². The molecule has 0 amide bonds. The fraction of sp³-hybridized carbons (Fsp3) is 0.412. The fourth-order valence-corrected chi connectivity index (χ4v) is 2.50. The van der Waals surface area contributed by atoms with Crippen LogP contribution >= 0.6 is 0 Å². The van der Waals surface area contributed by atoms with Gasteiger partial charge in [-0.25, -0.2) is 0 Å². The van der Waals surface area contributed by atoms with Crippen LogP contribution in [0.5, 0.6) is 0 Å². The Kier molecular flexibility index (Phi) is 3.83. The van der Waals surface area contributed by atoms with Gasteiger partial charge in [-0.2, -0.15) is 0 Å². The zero-order chi connectivity index (χ0) is 12.3. The Morgan fingerprint density at radius 3 is 2.65 bits per heavy atom. The molecule has 0 saturated heterocycles. The molecule has 1 atom stereocenters. The lowest BCUT2D eigenvalue weighted by atomic mass is 9.84. The number of allylic oxidation sites excluding steroid dienone is 4. The lowest BCUT2D eigenvalue weighted by Crippen LogP contribution is -2.05. The van der Waals surface area contributed by atoms with Gasteiger partial charge in [-0.3, -0.25) is 0 Å². The van der Waals surface area contributed by atoms with Crippen molar-refractivity contribution >= 4 is 5.57 Å². The highest BCUT2D eigenvalue weighted by Crippen LogP contribution is 2.31. The van der Waals surface area contributed by atoms with Gasteiger partial charge in [-0.15, -0.1) is 0 Å².